The predicted molar refractivity (Wildman–Crippen MR) is 121 cm³/mol. The molecular weight excluding hydrogens is 441 g/mol. The Labute approximate surface area is 196 Å². The maximum atomic E-state index is 13.5. The third kappa shape index (κ3) is 4.61. The van der Waals surface area contributed by atoms with Crippen molar-refractivity contribution in [2.24, 2.45) is 11.0 Å². The quantitative estimate of drug-likeness (QED) is 0.596. The molecular formula is C25H26FN3O5. The van der Waals surface area contributed by atoms with E-state index in [1.807, 2.05) is 18.2 Å². The molecule has 9 heteroatoms. The number of methoxy groups -OCH3 is 1. The van der Waals surface area contributed by atoms with Gasteiger partial charge in [0.05, 0.1) is 18.4 Å². The van der Waals surface area contributed by atoms with Crippen LogP contribution in [0.3, 0.4) is 0 Å². The van der Waals surface area contributed by atoms with Crippen LogP contribution in [0, 0.1) is 11.7 Å². The summed E-state index contributed by atoms with van der Waals surface area (Å²) in [6, 6.07) is 11.2. The minimum atomic E-state index is -0.387. The fraction of sp³-hybridized carbons (Fsp3) is 0.400. The smallest absolute Gasteiger partial charge is 0.262 e. The lowest BCUT2D eigenvalue weighted by molar-refractivity contribution is -0.142. The molecule has 34 heavy (non-hydrogen) atoms. The van der Waals surface area contributed by atoms with Crippen LogP contribution in [0.1, 0.15) is 36.4 Å². The number of amides is 2. The summed E-state index contributed by atoms with van der Waals surface area (Å²) in [5.74, 6) is 0.615. The Hall–Kier alpha value is -3.46. The van der Waals surface area contributed by atoms with Crippen LogP contribution in [0.5, 0.6) is 11.5 Å². The van der Waals surface area contributed by atoms with Gasteiger partial charge < -0.3 is 19.1 Å². The lowest BCUT2D eigenvalue weighted by Gasteiger charge is -2.27. The second kappa shape index (κ2) is 9.42. The van der Waals surface area contributed by atoms with E-state index >= 15 is 0 Å². The van der Waals surface area contributed by atoms with E-state index in [9.17, 15) is 14.0 Å². The molecule has 1 saturated carbocycles. The van der Waals surface area contributed by atoms with Crippen LogP contribution < -0.4 is 9.47 Å². The SMILES string of the molecule is COCCN(CC(=O)N1N=C(c2ccc(F)cc2)C[C@@H]1c1ccc2c(c1)OCO2)C(=O)C1CC1. The molecule has 1 atom stereocenters. The van der Waals surface area contributed by atoms with Gasteiger partial charge in [-0.2, -0.15) is 5.10 Å². The monoisotopic (exact) mass is 467 g/mol. The topological polar surface area (TPSA) is 80.7 Å². The molecule has 3 aliphatic rings. The molecule has 0 aromatic heterocycles. The Morgan fingerprint density at radius 3 is 2.65 bits per heavy atom. The van der Waals surface area contributed by atoms with Crippen LogP contribution in [0.25, 0.3) is 0 Å². The minimum absolute atomic E-state index is 0.00818. The van der Waals surface area contributed by atoms with E-state index in [2.05, 4.69) is 5.10 Å². The Bertz CT molecular complexity index is 1120. The van der Waals surface area contributed by atoms with Crippen LogP contribution in [0.4, 0.5) is 4.39 Å². The molecule has 5 rings (SSSR count). The van der Waals surface area contributed by atoms with Crippen LogP contribution in [-0.2, 0) is 14.3 Å². The van der Waals surface area contributed by atoms with E-state index in [1.165, 1.54) is 17.1 Å². The van der Waals surface area contributed by atoms with E-state index in [-0.39, 0.29) is 42.9 Å². The molecule has 1 aliphatic carbocycles. The number of ether oxygens (including phenoxy) is 3. The highest BCUT2D eigenvalue weighted by atomic mass is 19.1. The summed E-state index contributed by atoms with van der Waals surface area (Å²) >= 11 is 0. The number of hydrogen-bond acceptors (Lipinski definition) is 6. The number of hydrazone groups is 1. The van der Waals surface area contributed by atoms with E-state index in [1.54, 1.807) is 24.1 Å². The van der Waals surface area contributed by atoms with Crippen molar-refractivity contribution in [2.75, 3.05) is 33.6 Å². The standard InChI is InChI=1S/C25H26FN3O5/c1-32-11-10-28(25(31)17-2-3-17)14-24(30)29-21(18-6-9-22-23(12-18)34-15-33-22)13-20(27-29)16-4-7-19(26)8-5-16/h4-9,12,17,21H,2-3,10-11,13-15H2,1H3/t21-/m1/s1. The predicted octanol–water partition coefficient (Wildman–Crippen LogP) is 3.12. The first kappa shape index (κ1) is 22.3. The van der Waals surface area contributed by atoms with E-state index in [0.29, 0.717) is 36.8 Å². The normalized spacial score (nSPS) is 18.7. The molecule has 0 bridgehead atoms. The number of carbonyl (C=O) groups is 2. The lowest BCUT2D eigenvalue weighted by Crippen LogP contribution is -2.43. The fourth-order valence-corrected chi connectivity index (χ4v) is 4.23. The van der Waals surface area contributed by atoms with Crippen molar-refractivity contribution in [1.82, 2.24) is 9.91 Å². The molecule has 0 unspecified atom stereocenters. The maximum absolute atomic E-state index is 13.5. The van der Waals surface area contributed by atoms with Gasteiger partial charge in [-0.3, -0.25) is 9.59 Å². The third-order valence-corrected chi connectivity index (χ3v) is 6.25. The van der Waals surface area contributed by atoms with Crippen LogP contribution in [0.2, 0.25) is 0 Å². The third-order valence-electron chi connectivity index (χ3n) is 6.25. The van der Waals surface area contributed by atoms with Gasteiger partial charge >= 0.3 is 0 Å². The first-order chi connectivity index (χ1) is 16.5. The first-order valence-corrected chi connectivity index (χ1v) is 11.4. The van der Waals surface area contributed by atoms with Gasteiger partial charge in [0.1, 0.15) is 12.4 Å². The van der Waals surface area contributed by atoms with Crippen molar-refractivity contribution in [1.29, 1.82) is 0 Å². The van der Waals surface area contributed by atoms with Crippen molar-refractivity contribution in [3.63, 3.8) is 0 Å². The van der Waals surface area contributed by atoms with Crippen LogP contribution in [0.15, 0.2) is 47.6 Å². The number of fused-ring (bicyclic) bond motifs is 1. The molecule has 0 N–H and O–H groups in total. The van der Waals surface area contributed by atoms with Gasteiger partial charge in [-0.15, -0.1) is 0 Å². The van der Waals surface area contributed by atoms with Crippen molar-refractivity contribution in [3.05, 3.63) is 59.4 Å². The molecule has 8 nitrogen and oxygen atoms in total. The zero-order chi connectivity index (χ0) is 23.7. The van der Waals surface area contributed by atoms with Crippen LogP contribution in [-0.4, -0.2) is 61.0 Å². The summed E-state index contributed by atoms with van der Waals surface area (Å²) in [5.41, 5.74) is 2.26. The van der Waals surface area contributed by atoms with Crippen LogP contribution >= 0.6 is 0 Å². The van der Waals surface area contributed by atoms with E-state index in [4.69, 9.17) is 14.2 Å². The van der Waals surface area contributed by atoms with E-state index < -0.39 is 0 Å². The van der Waals surface area contributed by atoms with Crippen molar-refractivity contribution in [2.45, 2.75) is 25.3 Å². The molecule has 2 amide bonds. The maximum Gasteiger partial charge on any atom is 0.262 e. The molecule has 2 aromatic rings. The summed E-state index contributed by atoms with van der Waals surface area (Å²) in [6.45, 7) is 0.761. The zero-order valence-corrected chi connectivity index (χ0v) is 18.9. The highest BCUT2D eigenvalue weighted by molar-refractivity contribution is 6.03. The summed E-state index contributed by atoms with van der Waals surface area (Å²) in [5, 5.41) is 6.07. The van der Waals surface area contributed by atoms with Gasteiger partial charge in [-0.1, -0.05) is 18.2 Å². The summed E-state index contributed by atoms with van der Waals surface area (Å²) < 4.78 is 29.5. The Balaban J connectivity index is 1.42. The summed E-state index contributed by atoms with van der Waals surface area (Å²) in [7, 11) is 1.57. The summed E-state index contributed by atoms with van der Waals surface area (Å²) in [6.07, 6.45) is 2.16. The average Bonchev–Trinajstić information content (AvgIpc) is 3.42. The van der Waals surface area contributed by atoms with Gasteiger partial charge in [0.2, 0.25) is 12.7 Å². The zero-order valence-electron chi connectivity index (χ0n) is 18.9. The molecule has 1 fully saturated rings. The average molecular weight is 467 g/mol. The Kier molecular flexibility index (Phi) is 6.19. The van der Waals surface area contributed by atoms with Gasteiger partial charge in [0.25, 0.3) is 5.91 Å². The van der Waals surface area contributed by atoms with Gasteiger partial charge in [0.15, 0.2) is 11.5 Å². The highest BCUT2D eigenvalue weighted by Gasteiger charge is 2.38. The van der Waals surface area contributed by atoms with Gasteiger partial charge in [-0.25, -0.2) is 9.40 Å². The molecule has 0 radical (unpaired) electrons. The van der Waals surface area contributed by atoms with Crippen molar-refractivity contribution in [3.8, 4) is 11.5 Å². The van der Waals surface area contributed by atoms with Gasteiger partial charge in [-0.05, 0) is 48.2 Å². The molecule has 178 valence electrons. The lowest BCUT2D eigenvalue weighted by atomic mass is 9.98. The Morgan fingerprint density at radius 2 is 1.91 bits per heavy atom. The molecule has 0 saturated heterocycles. The summed E-state index contributed by atoms with van der Waals surface area (Å²) in [4.78, 5) is 27.8. The number of halogens is 1. The highest BCUT2D eigenvalue weighted by Crippen LogP contribution is 2.39. The minimum Gasteiger partial charge on any atom is -0.454 e. The fourth-order valence-electron chi connectivity index (χ4n) is 4.23. The number of hydrogen-bond donors (Lipinski definition) is 0. The second-order valence-electron chi connectivity index (χ2n) is 8.65. The van der Waals surface area contributed by atoms with Gasteiger partial charge in [0, 0.05) is 26.0 Å². The molecule has 2 heterocycles. The van der Waals surface area contributed by atoms with E-state index in [0.717, 1.165) is 24.0 Å². The molecule has 2 aliphatic heterocycles. The Morgan fingerprint density at radius 1 is 1.15 bits per heavy atom. The number of rotatable bonds is 8. The second-order valence-corrected chi connectivity index (χ2v) is 8.65. The van der Waals surface area contributed by atoms with Crippen molar-refractivity contribution < 1.29 is 28.2 Å². The number of nitrogens with zero attached hydrogens (tertiary/aromatic N) is 3. The van der Waals surface area contributed by atoms with Crippen molar-refractivity contribution >= 4 is 17.5 Å². The largest absolute Gasteiger partial charge is 0.454 e. The number of benzene rings is 2. The molecule has 0 spiro atoms. The molecule has 2 aromatic carbocycles. The number of carbonyl (C=O) groups excluding carboxylic acids is 2. The first-order valence-electron chi connectivity index (χ1n) is 11.4.